The fourth-order valence-electron chi connectivity index (χ4n) is 5.96. The van der Waals surface area contributed by atoms with E-state index in [1.165, 1.54) is 6.42 Å². The minimum absolute atomic E-state index is 0.0144. The molecule has 2 aromatic rings. The fraction of sp³-hybridized carbons (Fsp3) is 0.528. The lowest BCUT2D eigenvalue weighted by atomic mass is 9.80. The maximum atomic E-state index is 13.7. The van der Waals surface area contributed by atoms with Gasteiger partial charge in [0.15, 0.2) is 17.3 Å². The van der Waals surface area contributed by atoms with Crippen LogP contribution in [-0.2, 0) is 25.6 Å². The summed E-state index contributed by atoms with van der Waals surface area (Å²) < 4.78 is 0. The Balaban J connectivity index is 1.71. The van der Waals surface area contributed by atoms with Gasteiger partial charge in [-0.05, 0) is 30.2 Å². The normalized spacial score (nSPS) is 15.9. The molecular weight excluding hydrogens is 526 g/mol. The number of hydrogen-bond donors (Lipinski definition) is 1. The lowest BCUT2D eigenvalue weighted by molar-refractivity contribution is -0.142. The average Bonchev–Trinajstić information content (AvgIpc) is 3.00. The first-order valence-corrected chi connectivity index (χ1v) is 15.7. The summed E-state index contributed by atoms with van der Waals surface area (Å²) >= 11 is 0. The van der Waals surface area contributed by atoms with E-state index in [0.717, 1.165) is 31.2 Å². The van der Waals surface area contributed by atoms with E-state index in [9.17, 15) is 24.0 Å². The smallest absolute Gasteiger partial charge is 0.224 e. The van der Waals surface area contributed by atoms with Gasteiger partial charge in [-0.15, -0.1) is 0 Å². The first kappa shape index (κ1) is 33.1. The summed E-state index contributed by atoms with van der Waals surface area (Å²) in [6.07, 6.45) is 6.97. The molecule has 3 rings (SSSR count). The zero-order valence-corrected chi connectivity index (χ0v) is 25.5. The third-order valence-electron chi connectivity index (χ3n) is 8.54. The minimum atomic E-state index is -0.782. The summed E-state index contributed by atoms with van der Waals surface area (Å²) in [5, 5.41) is 2.94. The molecule has 2 aromatic carbocycles. The van der Waals surface area contributed by atoms with Crippen LogP contribution in [0.5, 0.6) is 0 Å². The number of carbonyl (C=O) groups excluding carboxylic acids is 5. The van der Waals surface area contributed by atoms with Crippen LogP contribution in [0, 0.1) is 23.7 Å². The topological polar surface area (TPSA) is 97.4 Å². The molecule has 0 bridgehead atoms. The first-order chi connectivity index (χ1) is 20.2. The molecule has 0 aliphatic heterocycles. The molecule has 1 saturated carbocycles. The molecule has 0 aromatic heterocycles. The number of carbonyl (C=O) groups is 5. The molecule has 3 atom stereocenters. The Kier molecular flexibility index (Phi) is 13.3. The Morgan fingerprint density at radius 2 is 1.45 bits per heavy atom. The zero-order chi connectivity index (χ0) is 30.5. The van der Waals surface area contributed by atoms with Crippen molar-refractivity contribution in [3.8, 4) is 0 Å². The molecule has 0 spiro atoms. The van der Waals surface area contributed by atoms with Gasteiger partial charge in [-0.3, -0.25) is 24.0 Å². The summed E-state index contributed by atoms with van der Waals surface area (Å²) in [4.78, 5) is 66.5. The predicted octanol–water partition coefficient (Wildman–Crippen LogP) is 6.74. The Morgan fingerprint density at radius 1 is 0.833 bits per heavy atom. The minimum Gasteiger partial charge on any atom is -0.346 e. The molecule has 1 amide bonds. The van der Waals surface area contributed by atoms with Gasteiger partial charge >= 0.3 is 0 Å². The van der Waals surface area contributed by atoms with Crippen LogP contribution < -0.4 is 5.32 Å². The molecule has 1 fully saturated rings. The highest BCUT2D eigenvalue weighted by molar-refractivity contribution is 6.38. The molecule has 0 saturated heterocycles. The van der Waals surface area contributed by atoms with E-state index in [2.05, 4.69) is 5.32 Å². The van der Waals surface area contributed by atoms with Crippen LogP contribution in [0.4, 0.5) is 0 Å². The van der Waals surface area contributed by atoms with Crippen LogP contribution in [-0.4, -0.2) is 35.1 Å². The van der Waals surface area contributed by atoms with Crippen molar-refractivity contribution in [2.45, 2.75) is 97.4 Å². The molecule has 1 aliphatic carbocycles. The first-order valence-electron chi connectivity index (χ1n) is 15.7. The van der Waals surface area contributed by atoms with E-state index in [1.807, 2.05) is 57.2 Å². The summed E-state index contributed by atoms with van der Waals surface area (Å²) in [6.45, 7) is 5.66. The number of benzene rings is 2. The van der Waals surface area contributed by atoms with Gasteiger partial charge in [0, 0.05) is 36.7 Å². The van der Waals surface area contributed by atoms with Crippen LogP contribution in [0.3, 0.4) is 0 Å². The lowest BCUT2D eigenvalue weighted by Crippen LogP contribution is -2.46. The summed E-state index contributed by atoms with van der Waals surface area (Å²) in [5.74, 6) is -2.84. The molecule has 226 valence electrons. The second-order valence-electron chi connectivity index (χ2n) is 12.2. The number of ketones is 4. The third kappa shape index (κ3) is 10.1. The van der Waals surface area contributed by atoms with Crippen molar-refractivity contribution in [3.63, 3.8) is 0 Å². The van der Waals surface area contributed by atoms with Gasteiger partial charge in [-0.2, -0.15) is 0 Å². The third-order valence-corrected chi connectivity index (χ3v) is 8.54. The van der Waals surface area contributed by atoms with Crippen molar-refractivity contribution in [2.75, 3.05) is 0 Å². The largest absolute Gasteiger partial charge is 0.346 e. The molecule has 0 radical (unpaired) electrons. The van der Waals surface area contributed by atoms with E-state index < -0.39 is 23.7 Å². The second-order valence-corrected chi connectivity index (χ2v) is 12.2. The van der Waals surface area contributed by atoms with Gasteiger partial charge < -0.3 is 5.32 Å². The van der Waals surface area contributed by atoms with Crippen LogP contribution in [0.15, 0.2) is 60.7 Å². The predicted molar refractivity (Wildman–Crippen MR) is 165 cm³/mol. The van der Waals surface area contributed by atoms with Crippen molar-refractivity contribution in [2.24, 2.45) is 23.7 Å². The summed E-state index contributed by atoms with van der Waals surface area (Å²) in [6, 6.07) is 17.6. The Labute approximate surface area is 251 Å². The van der Waals surface area contributed by atoms with E-state index in [0.29, 0.717) is 24.8 Å². The second kappa shape index (κ2) is 16.9. The van der Waals surface area contributed by atoms with Gasteiger partial charge in [-0.25, -0.2) is 0 Å². The fourth-order valence-corrected chi connectivity index (χ4v) is 5.96. The highest BCUT2D eigenvalue weighted by Gasteiger charge is 2.34. The van der Waals surface area contributed by atoms with Gasteiger partial charge in [0.2, 0.25) is 11.7 Å². The van der Waals surface area contributed by atoms with E-state index in [1.54, 1.807) is 24.3 Å². The number of amides is 1. The lowest BCUT2D eigenvalue weighted by Gasteiger charge is -2.25. The quantitative estimate of drug-likeness (QED) is 0.167. The van der Waals surface area contributed by atoms with Crippen LogP contribution in [0.2, 0.25) is 0 Å². The van der Waals surface area contributed by atoms with E-state index in [4.69, 9.17) is 0 Å². The monoisotopic (exact) mass is 573 g/mol. The Hall–Kier alpha value is -3.41. The zero-order valence-electron chi connectivity index (χ0n) is 25.5. The van der Waals surface area contributed by atoms with Crippen LogP contribution >= 0.6 is 0 Å². The van der Waals surface area contributed by atoms with Crippen molar-refractivity contribution in [1.29, 1.82) is 0 Å². The SMILES string of the molecule is CCC[C@H](NC(=O)[C@@H](CC(=O)c1ccccc1)Cc1ccccc1)C(=O)C[C@H](C(=O)C(=O)CC1CCCCC1)C(C)C. The Morgan fingerprint density at radius 3 is 2.05 bits per heavy atom. The number of nitrogens with one attached hydrogen (secondary N) is 1. The van der Waals surface area contributed by atoms with E-state index in [-0.39, 0.29) is 54.4 Å². The summed E-state index contributed by atoms with van der Waals surface area (Å²) in [7, 11) is 0. The Bertz CT molecular complexity index is 1180. The van der Waals surface area contributed by atoms with Gasteiger partial charge in [0.25, 0.3) is 0 Å². The van der Waals surface area contributed by atoms with Crippen LogP contribution in [0.25, 0.3) is 0 Å². The number of rotatable bonds is 17. The van der Waals surface area contributed by atoms with Crippen molar-refractivity contribution < 1.29 is 24.0 Å². The van der Waals surface area contributed by atoms with Gasteiger partial charge in [-0.1, -0.05) is 120 Å². The van der Waals surface area contributed by atoms with Crippen molar-refractivity contribution >= 4 is 29.0 Å². The number of Topliss-reactive ketones (excluding diaryl/α,β-unsaturated/α-hetero) is 4. The van der Waals surface area contributed by atoms with Crippen molar-refractivity contribution in [1.82, 2.24) is 5.32 Å². The maximum Gasteiger partial charge on any atom is 0.224 e. The highest BCUT2D eigenvalue weighted by atomic mass is 16.2. The standard InChI is InChI=1S/C36H47NO5/c1-4-14-31(33(39)24-30(25(2)3)35(41)34(40)22-27-17-10-6-11-18-27)37-36(42)29(21-26-15-8-5-9-16-26)23-32(38)28-19-12-7-13-20-28/h5,7-9,12-13,15-16,19-20,25,27,29-31H,4,6,10-11,14,17-18,21-24H2,1-3H3,(H,37,42)/t29-,30+,31+/m1/s1. The average molecular weight is 574 g/mol. The van der Waals surface area contributed by atoms with Crippen molar-refractivity contribution in [3.05, 3.63) is 71.8 Å². The molecule has 1 N–H and O–H groups in total. The maximum absolute atomic E-state index is 13.7. The summed E-state index contributed by atoms with van der Waals surface area (Å²) in [5.41, 5.74) is 1.47. The molecule has 6 nitrogen and oxygen atoms in total. The van der Waals surface area contributed by atoms with Crippen LogP contribution in [0.1, 0.15) is 101 Å². The molecule has 6 heteroatoms. The molecule has 1 aliphatic rings. The number of hydrogen-bond acceptors (Lipinski definition) is 5. The highest BCUT2D eigenvalue weighted by Crippen LogP contribution is 2.28. The van der Waals surface area contributed by atoms with Gasteiger partial charge in [0.05, 0.1) is 6.04 Å². The molecule has 42 heavy (non-hydrogen) atoms. The molecule has 0 heterocycles. The van der Waals surface area contributed by atoms with Gasteiger partial charge in [0.1, 0.15) is 0 Å². The molecular formula is C36H47NO5. The molecule has 0 unspecified atom stereocenters. The van der Waals surface area contributed by atoms with E-state index >= 15 is 0 Å².